The molecule has 2 N–H and O–H groups in total. The van der Waals surface area contributed by atoms with Gasteiger partial charge in [-0.1, -0.05) is 6.07 Å². The number of nitrogens with one attached hydrogen (secondary N) is 1. The minimum Gasteiger partial charge on any atom is -0.372 e. The van der Waals surface area contributed by atoms with E-state index in [2.05, 4.69) is 4.90 Å². The van der Waals surface area contributed by atoms with Crippen molar-refractivity contribution < 1.29 is 10.0 Å². The van der Waals surface area contributed by atoms with Gasteiger partial charge in [-0.2, -0.15) is 0 Å². The molecule has 0 unspecified atom stereocenters. The first-order valence-electron chi connectivity index (χ1n) is 5.11. The van der Waals surface area contributed by atoms with E-state index < -0.39 is 5.91 Å². The maximum absolute atomic E-state index is 11.2. The van der Waals surface area contributed by atoms with E-state index in [4.69, 9.17) is 5.21 Å². The monoisotopic (exact) mass is 206 g/mol. The Morgan fingerprint density at radius 3 is 2.73 bits per heavy atom. The molecule has 1 aromatic carbocycles. The van der Waals surface area contributed by atoms with E-state index in [1.807, 2.05) is 12.1 Å². The molecule has 4 heteroatoms. The van der Waals surface area contributed by atoms with Crippen LogP contribution in [0.3, 0.4) is 0 Å². The average molecular weight is 206 g/mol. The number of amides is 1. The number of carbonyl (C=O) groups excluding carboxylic acids is 1. The van der Waals surface area contributed by atoms with Crippen LogP contribution in [-0.2, 0) is 0 Å². The van der Waals surface area contributed by atoms with Gasteiger partial charge in [0.15, 0.2) is 0 Å². The summed E-state index contributed by atoms with van der Waals surface area (Å²) >= 11 is 0. The van der Waals surface area contributed by atoms with Gasteiger partial charge in [0, 0.05) is 24.3 Å². The zero-order valence-corrected chi connectivity index (χ0v) is 8.44. The van der Waals surface area contributed by atoms with Crippen molar-refractivity contribution in [2.75, 3.05) is 18.0 Å². The summed E-state index contributed by atoms with van der Waals surface area (Å²) in [6.07, 6.45) is 2.41. The van der Waals surface area contributed by atoms with Crippen molar-refractivity contribution in [3.63, 3.8) is 0 Å². The molecule has 1 aliphatic heterocycles. The number of nitrogens with zero attached hydrogens (tertiary/aromatic N) is 1. The SMILES string of the molecule is O=C(NO)c1cccc(N2CCCC2)c1. The molecule has 0 saturated carbocycles. The third-order valence-corrected chi connectivity index (χ3v) is 2.68. The molecular formula is C11H14N2O2. The molecule has 0 radical (unpaired) electrons. The Balaban J connectivity index is 2.21. The van der Waals surface area contributed by atoms with Crippen molar-refractivity contribution in [1.29, 1.82) is 0 Å². The summed E-state index contributed by atoms with van der Waals surface area (Å²) in [5.74, 6) is -0.462. The fraction of sp³-hybridized carbons (Fsp3) is 0.364. The molecule has 4 nitrogen and oxygen atoms in total. The highest BCUT2D eigenvalue weighted by Crippen LogP contribution is 2.20. The number of rotatable bonds is 2. The van der Waals surface area contributed by atoms with Crippen molar-refractivity contribution >= 4 is 11.6 Å². The van der Waals surface area contributed by atoms with E-state index in [9.17, 15) is 4.79 Å². The second kappa shape index (κ2) is 4.31. The van der Waals surface area contributed by atoms with Gasteiger partial charge < -0.3 is 4.90 Å². The average Bonchev–Trinajstić information content (AvgIpc) is 2.82. The molecule has 1 fully saturated rings. The van der Waals surface area contributed by atoms with Crippen LogP contribution in [0.25, 0.3) is 0 Å². The highest BCUT2D eigenvalue weighted by atomic mass is 16.5. The zero-order valence-electron chi connectivity index (χ0n) is 8.44. The molecule has 80 valence electrons. The van der Waals surface area contributed by atoms with E-state index in [1.54, 1.807) is 17.6 Å². The van der Waals surface area contributed by atoms with Crippen molar-refractivity contribution in [2.45, 2.75) is 12.8 Å². The lowest BCUT2D eigenvalue weighted by Gasteiger charge is -2.17. The molecule has 15 heavy (non-hydrogen) atoms. The number of carbonyl (C=O) groups is 1. The second-order valence-corrected chi connectivity index (χ2v) is 3.69. The summed E-state index contributed by atoms with van der Waals surface area (Å²) in [5.41, 5.74) is 3.18. The van der Waals surface area contributed by atoms with Crippen molar-refractivity contribution in [1.82, 2.24) is 5.48 Å². The first-order chi connectivity index (χ1) is 7.31. The highest BCUT2D eigenvalue weighted by Gasteiger charge is 2.13. The van der Waals surface area contributed by atoms with Gasteiger partial charge in [-0.3, -0.25) is 10.0 Å². The van der Waals surface area contributed by atoms with Crippen LogP contribution in [0, 0.1) is 0 Å². The predicted molar refractivity (Wildman–Crippen MR) is 57.1 cm³/mol. The third kappa shape index (κ3) is 2.10. The maximum Gasteiger partial charge on any atom is 0.274 e. The Labute approximate surface area is 88.5 Å². The normalized spacial score (nSPS) is 15.4. The van der Waals surface area contributed by atoms with Crippen LogP contribution in [0.4, 0.5) is 5.69 Å². The summed E-state index contributed by atoms with van der Waals surface area (Å²) in [5, 5.41) is 8.53. The van der Waals surface area contributed by atoms with Crippen molar-refractivity contribution in [3.8, 4) is 0 Å². The summed E-state index contributed by atoms with van der Waals surface area (Å²) in [4.78, 5) is 13.4. The van der Waals surface area contributed by atoms with Crippen molar-refractivity contribution in [3.05, 3.63) is 29.8 Å². The van der Waals surface area contributed by atoms with E-state index in [-0.39, 0.29) is 0 Å². The molecule has 1 aromatic rings. The Morgan fingerprint density at radius 1 is 1.33 bits per heavy atom. The molecule has 0 bridgehead atoms. The zero-order chi connectivity index (χ0) is 10.7. The first-order valence-corrected chi connectivity index (χ1v) is 5.11. The topological polar surface area (TPSA) is 52.6 Å². The Hall–Kier alpha value is -1.55. The van der Waals surface area contributed by atoms with Crippen LogP contribution in [0.5, 0.6) is 0 Å². The fourth-order valence-corrected chi connectivity index (χ4v) is 1.88. The molecule has 1 heterocycles. The molecule has 0 aromatic heterocycles. The van der Waals surface area contributed by atoms with Gasteiger partial charge >= 0.3 is 0 Å². The van der Waals surface area contributed by atoms with Crippen LogP contribution in [-0.4, -0.2) is 24.2 Å². The van der Waals surface area contributed by atoms with Gasteiger partial charge in [-0.15, -0.1) is 0 Å². The quantitative estimate of drug-likeness (QED) is 0.568. The number of hydrogen-bond donors (Lipinski definition) is 2. The first kappa shape index (κ1) is 9.98. The minimum absolute atomic E-state index is 0.462. The third-order valence-electron chi connectivity index (χ3n) is 2.68. The second-order valence-electron chi connectivity index (χ2n) is 3.69. The van der Waals surface area contributed by atoms with E-state index in [1.165, 1.54) is 12.8 Å². The lowest BCUT2D eigenvalue weighted by atomic mass is 10.2. The largest absolute Gasteiger partial charge is 0.372 e. The number of hydroxylamine groups is 1. The predicted octanol–water partition coefficient (Wildman–Crippen LogP) is 1.41. The molecule has 0 atom stereocenters. The summed E-state index contributed by atoms with van der Waals surface area (Å²) in [6.45, 7) is 2.09. The standard InChI is InChI=1S/C11H14N2O2/c14-11(12-15)9-4-3-5-10(8-9)13-6-1-2-7-13/h3-5,8,15H,1-2,6-7H2,(H,12,14). The van der Waals surface area contributed by atoms with E-state index in [0.29, 0.717) is 5.56 Å². The Kier molecular flexibility index (Phi) is 2.87. The van der Waals surface area contributed by atoms with Crippen LogP contribution < -0.4 is 10.4 Å². The number of benzene rings is 1. The van der Waals surface area contributed by atoms with Crippen molar-refractivity contribution in [2.24, 2.45) is 0 Å². The Bertz CT molecular complexity index is 359. The summed E-state index contributed by atoms with van der Waals surface area (Å²) in [6, 6.07) is 7.31. The maximum atomic E-state index is 11.2. The molecular weight excluding hydrogens is 192 g/mol. The van der Waals surface area contributed by atoms with Gasteiger partial charge in [0.05, 0.1) is 0 Å². The van der Waals surface area contributed by atoms with Crippen LogP contribution in [0.1, 0.15) is 23.2 Å². The molecule has 1 amide bonds. The number of hydrogen-bond acceptors (Lipinski definition) is 3. The van der Waals surface area contributed by atoms with Crippen LogP contribution in [0.2, 0.25) is 0 Å². The number of anilines is 1. The fourth-order valence-electron chi connectivity index (χ4n) is 1.88. The smallest absolute Gasteiger partial charge is 0.274 e. The van der Waals surface area contributed by atoms with Gasteiger partial charge in [-0.25, -0.2) is 5.48 Å². The molecule has 1 saturated heterocycles. The summed E-state index contributed by atoms with van der Waals surface area (Å²) in [7, 11) is 0. The molecule has 1 aliphatic rings. The summed E-state index contributed by atoms with van der Waals surface area (Å²) < 4.78 is 0. The molecule has 0 aliphatic carbocycles. The van der Waals surface area contributed by atoms with Crippen LogP contribution >= 0.6 is 0 Å². The van der Waals surface area contributed by atoms with Gasteiger partial charge in [0.2, 0.25) is 0 Å². The highest BCUT2D eigenvalue weighted by molar-refractivity contribution is 5.94. The Morgan fingerprint density at radius 2 is 2.07 bits per heavy atom. The van der Waals surface area contributed by atoms with E-state index >= 15 is 0 Å². The molecule has 0 spiro atoms. The van der Waals surface area contributed by atoms with Gasteiger partial charge in [0.25, 0.3) is 5.91 Å². The van der Waals surface area contributed by atoms with E-state index in [0.717, 1.165) is 18.8 Å². The minimum atomic E-state index is -0.462. The van der Waals surface area contributed by atoms with Gasteiger partial charge in [0.1, 0.15) is 0 Å². The molecule has 2 rings (SSSR count). The lowest BCUT2D eigenvalue weighted by Crippen LogP contribution is -2.21. The van der Waals surface area contributed by atoms with Gasteiger partial charge in [-0.05, 0) is 31.0 Å². The van der Waals surface area contributed by atoms with Crippen LogP contribution in [0.15, 0.2) is 24.3 Å². The lowest BCUT2D eigenvalue weighted by molar-refractivity contribution is 0.0706.